The van der Waals surface area contributed by atoms with Crippen LogP contribution in [0.15, 0.2) is 54.1 Å². The fraction of sp³-hybridized carbons (Fsp3) is 0.190. The Kier molecular flexibility index (Phi) is 6.11. The third kappa shape index (κ3) is 3.93. The third-order valence-corrected chi connectivity index (χ3v) is 5.13. The smallest absolute Gasteiger partial charge is 0.270 e. The summed E-state index contributed by atoms with van der Waals surface area (Å²) in [5.41, 5.74) is 2.28. The molecule has 0 aliphatic carbocycles. The number of anilines is 2. The number of rotatable bonds is 5. The minimum Gasteiger partial charge on any atom is -0.372 e. The van der Waals surface area contributed by atoms with E-state index in [4.69, 9.17) is 23.8 Å². The van der Waals surface area contributed by atoms with Crippen molar-refractivity contribution < 1.29 is 9.59 Å². The molecule has 0 atom stereocenters. The van der Waals surface area contributed by atoms with Gasteiger partial charge in [0.15, 0.2) is 5.11 Å². The van der Waals surface area contributed by atoms with Gasteiger partial charge in [-0.15, -0.1) is 0 Å². The van der Waals surface area contributed by atoms with Crippen LogP contribution in [0.3, 0.4) is 0 Å². The molecule has 7 heteroatoms. The molecule has 1 aliphatic rings. The van der Waals surface area contributed by atoms with Crippen LogP contribution in [0.5, 0.6) is 0 Å². The summed E-state index contributed by atoms with van der Waals surface area (Å²) in [5, 5.41) is 2.95. The molecule has 0 bridgehead atoms. The zero-order chi connectivity index (χ0) is 20.3. The van der Waals surface area contributed by atoms with Gasteiger partial charge < -0.3 is 4.90 Å². The largest absolute Gasteiger partial charge is 0.372 e. The molecule has 144 valence electrons. The van der Waals surface area contributed by atoms with Gasteiger partial charge in [-0.25, -0.2) is 0 Å². The lowest BCUT2D eigenvalue weighted by molar-refractivity contribution is -0.122. The van der Waals surface area contributed by atoms with Crippen molar-refractivity contribution in [1.82, 2.24) is 5.32 Å². The Balaban J connectivity index is 1.94. The number of carbonyl (C=O) groups is 2. The number of nitrogens with one attached hydrogen (secondary N) is 1. The lowest BCUT2D eigenvalue weighted by Gasteiger charge is -2.29. The molecule has 5 nitrogen and oxygen atoms in total. The average Bonchev–Trinajstić information content (AvgIpc) is 2.68. The van der Waals surface area contributed by atoms with E-state index in [0.717, 1.165) is 24.3 Å². The molecule has 2 aromatic rings. The number of hydrogen-bond acceptors (Lipinski definition) is 4. The number of thiocarbonyl (C=S) groups is 1. The summed E-state index contributed by atoms with van der Waals surface area (Å²) >= 11 is 11.4. The quantitative estimate of drug-likeness (QED) is 0.457. The molecule has 0 aromatic heterocycles. The van der Waals surface area contributed by atoms with E-state index in [1.54, 1.807) is 30.3 Å². The highest BCUT2D eigenvalue weighted by atomic mass is 35.5. The molecule has 0 radical (unpaired) electrons. The summed E-state index contributed by atoms with van der Waals surface area (Å²) < 4.78 is 0. The van der Waals surface area contributed by atoms with Crippen molar-refractivity contribution in [2.24, 2.45) is 0 Å². The fourth-order valence-electron chi connectivity index (χ4n) is 3.05. The molecule has 0 unspecified atom stereocenters. The molecule has 1 N–H and O–H groups in total. The van der Waals surface area contributed by atoms with Crippen molar-refractivity contribution in [2.45, 2.75) is 13.8 Å². The number of hydrogen-bond donors (Lipinski definition) is 1. The summed E-state index contributed by atoms with van der Waals surface area (Å²) in [5.74, 6) is -1.03. The van der Waals surface area contributed by atoms with E-state index in [2.05, 4.69) is 24.1 Å². The van der Waals surface area contributed by atoms with Crippen molar-refractivity contribution in [3.63, 3.8) is 0 Å². The van der Waals surface area contributed by atoms with E-state index in [0.29, 0.717) is 10.7 Å². The standard InChI is InChI=1S/C21H20ClN3O2S/c1-3-24(4-2)15-11-9-14(10-12-15)13-16-19(26)23-21(28)25(20(16)27)18-8-6-5-7-17(18)22/h5-13H,3-4H2,1-2H3,(H,23,26,28)/b16-13-. The molecule has 1 fully saturated rings. The maximum atomic E-state index is 13.0. The van der Waals surface area contributed by atoms with E-state index in [9.17, 15) is 9.59 Å². The van der Waals surface area contributed by atoms with E-state index in [1.807, 2.05) is 24.3 Å². The molecule has 1 saturated heterocycles. The fourth-order valence-corrected chi connectivity index (χ4v) is 3.54. The third-order valence-electron chi connectivity index (χ3n) is 4.53. The maximum Gasteiger partial charge on any atom is 0.270 e. The Labute approximate surface area is 174 Å². The van der Waals surface area contributed by atoms with Gasteiger partial charge in [-0.05, 0) is 62.0 Å². The van der Waals surface area contributed by atoms with Crippen LogP contribution in [0.25, 0.3) is 6.08 Å². The Morgan fingerprint density at radius 1 is 1.07 bits per heavy atom. The van der Waals surface area contributed by atoms with Crippen LogP contribution >= 0.6 is 23.8 Å². The monoisotopic (exact) mass is 413 g/mol. The molecule has 28 heavy (non-hydrogen) atoms. The lowest BCUT2D eigenvalue weighted by atomic mass is 10.1. The topological polar surface area (TPSA) is 52.7 Å². The Morgan fingerprint density at radius 3 is 2.32 bits per heavy atom. The number of nitrogens with zero attached hydrogens (tertiary/aromatic N) is 2. The second-order valence-electron chi connectivity index (χ2n) is 6.17. The molecule has 1 aliphatic heterocycles. The first-order valence-electron chi connectivity index (χ1n) is 8.97. The SMILES string of the molecule is CCN(CC)c1ccc(/C=C2/C(=O)NC(=S)N(c3ccccc3Cl)C2=O)cc1. The van der Waals surface area contributed by atoms with Crippen LogP contribution in [-0.2, 0) is 9.59 Å². The van der Waals surface area contributed by atoms with Crippen molar-refractivity contribution in [3.8, 4) is 0 Å². The van der Waals surface area contributed by atoms with Gasteiger partial charge in [0.1, 0.15) is 5.57 Å². The Bertz CT molecular complexity index is 952. The molecule has 1 heterocycles. The van der Waals surface area contributed by atoms with E-state index >= 15 is 0 Å². The predicted octanol–water partition coefficient (Wildman–Crippen LogP) is 4.02. The van der Waals surface area contributed by atoms with E-state index in [-0.39, 0.29) is 10.7 Å². The van der Waals surface area contributed by atoms with Crippen LogP contribution in [0.1, 0.15) is 19.4 Å². The number of carbonyl (C=O) groups excluding carboxylic acids is 2. The van der Waals surface area contributed by atoms with E-state index < -0.39 is 11.8 Å². The Morgan fingerprint density at radius 2 is 1.71 bits per heavy atom. The average molecular weight is 414 g/mol. The van der Waals surface area contributed by atoms with Gasteiger partial charge in [-0.2, -0.15) is 0 Å². The van der Waals surface area contributed by atoms with Crippen LogP contribution in [0, 0.1) is 0 Å². The first-order valence-corrected chi connectivity index (χ1v) is 9.75. The lowest BCUT2D eigenvalue weighted by Crippen LogP contribution is -2.54. The second-order valence-corrected chi connectivity index (χ2v) is 6.97. The first-order chi connectivity index (χ1) is 13.5. The molecule has 0 saturated carbocycles. The zero-order valence-corrected chi connectivity index (χ0v) is 17.2. The summed E-state index contributed by atoms with van der Waals surface area (Å²) in [6.07, 6.45) is 1.56. The van der Waals surface area contributed by atoms with Gasteiger partial charge in [-0.1, -0.05) is 35.9 Å². The van der Waals surface area contributed by atoms with Crippen LogP contribution in [0.4, 0.5) is 11.4 Å². The van der Waals surface area contributed by atoms with Gasteiger partial charge >= 0.3 is 0 Å². The number of halogens is 1. The summed E-state index contributed by atoms with van der Waals surface area (Å²) in [6.45, 7) is 6.00. The molecular weight excluding hydrogens is 394 g/mol. The minimum atomic E-state index is -0.522. The van der Waals surface area contributed by atoms with Crippen molar-refractivity contribution in [1.29, 1.82) is 0 Å². The van der Waals surface area contributed by atoms with Gasteiger partial charge in [-0.3, -0.25) is 19.8 Å². The van der Waals surface area contributed by atoms with Crippen LogP contribution < -0.4 is 15.1 Å². The van der Waals surface area contributed by atoms with E-state index in [1.165, 1.54) is 4.90 Å². The normalized spacial score (nSPS) is 15.8. The summed E-state index contributed by atoms with van der Waals surface area (Å²) in [6, 6.07) is 14.6. The van der Waals surface area contributed by atoms with Gasteiger partial charge in [0.05, 0.1) is 10.7 Å². The second kappa shape index (κ2) is 8.54. The van der Waals surface area contributed by atoms with Gasteiger partial charge in [0.2, 0.25) is 0 Å². The zero-order valence-electron chi connectivity index (χ0n) is 15.6. The first kappa shape index (κ1) is 20.0. The molecule has 2 amide bonds. The molecular formula is C21H20ClN3O2S. The van der Waals surface area contributed by atoms with Crippen molar-refractivity contribution in [3.05, 3.63) is 64.7 Å². The highest BCUT2D eigenvalue weighted by molar-refractivity contribution is 7.80. The highest BCUT2D eigenvalue weighted by Crippen LogP contribution is 2.29. The minimum absolute atomic E-state index is 0.00380. The summed E-state index contributed by atoms with van der Waals surface area (Å²) in [4.78, 5) is 28.9. The van der Waals surface area contributed by atoms with Crippen LogP contribution in [-0.4, -0.2) is 30.0 Å². The van der Waals surface area contributed by atoms with Gasteiger partial charge in [0, 0.05) is 18.8 Å². The summed E-state index contributed by atoms with van der Waals surface area (Å²) in [7, 11) is 0. The number of benzene rings is 2. The number of para-hydroxylation sites is 1. The Hall–Kier alpha value is -2.70. The van der Waals surface area contributed by atoms with Crippen LogP contribution in [0.2, 0.25) is 5.02 Å². The van der Waals surface area contributed by atoms with Crippen molar-refractivity contribution >= 4 is 58.2 Å². The number of amides is 2. The molecule has 0 spiro atoms. The highest BCUT2D eigenvalue weighted by Gasteiger charge is 2.35. The van der Waals surface area contributed by atoms with Crippen molar-refractivity contribution in [2.75, 3.05) is 22.9 Å². The molecule has 3 rings (SSSR count). The maximum absolute atomic E-state index is 13.0. The molecule has 2 aromatic carbocycles. The predicted molar refractivity (Wildman–Crippen MR) is 118 cm³/mol. The van der Waals surface area contributed by atoms with Gasteiger partial charge in [0.25, 0.3) is 11.8 Å².